The van der Waals surface area contributed by atoms with Gasteiger partial charge in [0.15, 0.2) is 8.32 Å². The highest BCUT2D eigenvalue weighted by molar-refractivity contribution is 9.10. The van der Waals surface area contributed by atoms with Crippen LogP contribution in [-0.2, 0) is 17.3 Å². The fourth-order valence-corrected chi connectivity index (χ4v) is 7.73. The molecule has 0 saturated carbocycles. The molecule has 0 fully saturated rings. The van der Waals surface area contributed by atoms with Gasteiger partial charge in [0.1, 0.15) is 0 Å². The SMILES string of the molecule is CC[Si](CC)(CC)OC(C)(C)C(Cc1ccc(Br)cc1)Cc1ccc(Br)cc1. The average molecular weight is 526 g/mol. The first-order chi connectivity index (χ1) is 13.2. The van der Waals surface area contributed by atoms with E-state index in [-0.39, 0.29) is 5.60 Å². The molecule has 0 aliphatic carbocycles. The molecular weight excluding hydrogens is 492 g/mol. The Bertz CT molecular complexity index is 666. The van der Waals surface area contributed by atoms with E-state index >= 15 is 0 Å². The molecule has 1 nitrogen and oxygen atoms in total. The molecule has 0 N–H and O–H groups in total. The first-order valence-electron chi connectivity index (χ1n) is 10.4. The van der Waals surface area contributed by atoms with Crippen LogP contribution in [0.3, 0.4) is 0 Å². The molecule has 0 atom stereocenters. The van der Waals surface area contributed by atoms with Crippen molar-refractivity contribution in [3.63, 3.8) is 0 Å². The standard InChI is InChI=1S/C24H34Br2OSi/c1-6-28(7-2,8-3)27-24(4,5)21(17-19-9-13-22(25)14-10-19)18-20-11-15-23(26)16-12-20/h9-16,21H,6-8,17-18H2,1-5H3. The van der Waals surface area contributed by atoms with Crippen LogP contribution in [0.4, 0.5) is 0 Å². The predicted molar refractivity (Wildman–Crippen MR) is 132 cm³/mol. The van der Waals surface area contributed by atoms with Crippen molar-refractivity contribution < 1.29 is 4.43 Å². The normalized spacial score (nSPS) is 12.6. The molecule has 0 spiro atoms. The van der Waals surface area contributed by atoms with Gasteiger partial charge in [-0.05, 0) is 86.1 Å². The van der Waals surface area contributed by atoms with Crippen LogP contribution in [-0.4, -0.2) is 13.9 Å². The van der Waals surface area contributed by atoms with Crippen LogP contribution >= 0.6 is 31.9 Å². The summed E-state index contributed by atoms with van der Waals surface area (Å²) in [4.78, 5) is 0. The van der Waals surface area contributed by atoms with Gasteiger partial charge in [-0.15, -0.1) is 0 Å². The maximum Gasteiger partial charge on any atom is 0.192 e. The summed E-state index contributed by atoms with van der Waals surface area (Å²) in [6, 6.07) is 21.1. The second kappa shape index (κ2) is 10.6. The Morgan fingerprint density at radius 3 is 1.43 bits per heavy atom. The van der Waals surface area contributed by atoms with Crippen molar-refractivity contribution in [3.8, 4) is 0 Å². The van der Waals surface area contributed by atoms with Crippen molar-refractivity contribution in [2.24, 2.45) is 5.92 Å². The monoisotopic (exact) mass is 524 g/mol. The van der Waals surface area contributed by atoms with Crippen molar-refractivity contribution in [3.05, 3.63) is 68.6 Å². The highest BCUT2D eigenvalue weighted by atomic mass is 79.9. The summed E-state index contributed by atoms with van der Waals surface area (Å²) in [5.74, 6) is 0.423. The molecule has 28 heavy (non-hydrogen) atoms. The summed E-state index contributed by atoms with van der Waals surface area (Å²) in [5.41, 5.74) is 2.59. The summed E-state index contributed by atoms with van der Waals surface area (Å²) in [6.07, 6.45) is 2.05. The van der Waals surface area contributed by atoms with Crippen LogP contribution < -0.4 is 0 Å². The molecular formula is C24H34Br2OSi. The maximum atomic E-state index is 7.05. The molecule has 0 amide bonds. The zero-order chi connectivity index (χ0) is 20.8. The van der Waals surface area contributed by atoms with E-state index in [9.17, 15) is 0 Å². The second-order valence-electron chi connectivity index (χ2n) is 8.31. The Morgan fingerprint density at radius 2 is 1.11 bits per heavy atom. The van der Waals surface area contributed by atoms with E-state index in [1.54, 1.807) is 0 Å². The molecule has 0 saturated heterocycles. The van der Waals surface area contributed by atoms with Crippen molar-refractivity contribution >= 4 is 40.2 Å². The summed E-state index contributed by atoms with van der Waals surface area (Å²) in [6.45, 7) is 11.6. The van der Waals surface area contributed by atoms with E-state index in [4.69, 9.17) is 4.43 Å². The Hall–Kier alpha value is -0.423. The summed E-state index contributed by atoms with van der Waals surface area (Å²) in [7, 11) is -1.68. The third kappa shape index (κ3) is 6.55. The minimum Gasteiger partial charge on any atom is -0.412 e. The molecule has 2 aromatic rings. The van der Waals surface area contributed by atoms with Crippen molar-refractivity contribution in [1.82, 2.24) is 0 Å². The number of hydrogen-bond donors (Lipinski definition) is 0. The molecule has 0 bridgehead atoms. The molecule has 4 heteroatoms. The van der Waals surface area contributed by atoms with Crippen LogP contribution in [0.5, 0.6) is 0 Å². The Labute approximate surface area is 189 Å². The first kappa shape index (κ1) is 23.9. The highest BCUT2D eigenvalue weighted by Gasteiger charge is 2.39. The molecule has 0 aliphatic heterocycles. The summed E-state index contributed by atoms with van der Waals surface area (Å²) in [5, 5.41) is 0. The summed E-state index contributed by atoms with van der Waals surface area (Å²) < 4.78 is 9.31. The molecule has 0 aliphatic rings. The van der Waals surface area contributed by atoms with Gasteiger partial charge in [0, 0.05) is 8.95 Å². The summed E-state index contributed by atoms with van der Waals surface area (Å²) >= 11 is 7.11. The lowest BCUT2D eigenvalue weighted by Crippen LogP contribution is -2.49. The lowest BCUT2D eigenvalue weighted by Gasteiger charge is -2.43. The molecule has 0 unspecified atom stereocenters. The minimum atomic E-state index is -1.68. The Kier molecular flexibility index (Phi) is 9.00. The highest BCUT2D eigenvalue weighted by Crippen LogP contribution is 2.35. The van der Waals surface area contributed by atoms with Crippen LogP contribution in [0, 0.1) is 5.92 Å². The molecule has 2 aromatic carbocycles. The Balaban J connectivity index is 2.31. The smallest absolute Gasteiger partial charge is 0.192 e. The van der Waals surface area contributed by atoms with Crippen molar-refractivity contribution in [1.29, 1.82) is 0 Å². The number of rotatable bonds is 10. The van der Waals surface area contributed by atoms with Crippen molar-refractivity contribution in [2.45, 2.75) is 71.2 Å². The van der Waals surface area contributed by atoms with Gasteiger partial charge in [-0.2, -0.15) is 0 Å². The first-order valence-corrected chi connectivity index (χ1v) is 14.5. The molecule has 0 radical (unpaired) electrons. The van der Waals surface area contributed by atoms with E-state index < -0.39 is 8.32 Å². The van der Waals surface area contributed by atoms with Gasteiger partial charge >= 0.3 is 0 Å². The zero-order valence-electron chi connectivity index (χ0n) is 17.9. The van der Waals surface area contributed by atoms with E-state index in [0.717, 1.165) is 21.8 Å². The van der Waals surface area contributed by atoms with E-state index in [2.05, 4.69) is 115 Å². The van der Waals surface area contributed by atoms with E-state index in [1.807, 2.05) is 0 Å². The fourth-order valence-electron chi connectivity index (χ4n) is 3.98. The zero-order valence-corrected chi connectivity index (χ0v) is 22.1. The third-order valence-electron chi connectivity index (χ3n) is 6.19. The number of hydrogen-bond acceptors (Lipinski definition) is 1. The number of benzene rings is 2. The van der Waals surface area contributed by atoms with Gasteiger partial charge in [0.25, 0.3) is 0 Å². The van der Waals surface area contributed by atoms with Crippen molar-refractivity contribution in [2.75, 3.05) is 0 Å². The van der Waals surface area contributed by atoms with Gasteiger partial charge in [-0.3, -0.25) is 0 Å². The predicted octanol–water partition coefficient (Wildman–Crippen LogP) is 8.41. The third-order valence-corrected chi connectivity index (χ3v) is 12.1. The largest absolute Gasteiger partial charge is 0.412 e. The van der Waals surface area contributed by atoms with E-state index in [0.29, 0.717) is 5.92 Å². The Morgan fingerprint density at radius 1 is 0.750 bits per heavy atom. The molecule has 0 aromatic heterocycles. The second-order valence-corrected chi connectivity index (χ2v) is 14.8. The van der Waals surface area contributed by atoms with Gasteiger partial charge in [-0.1, -0.05) is 76.9 Å². The molecule has 154 valence electrons. The average Bonchev–Trinajstić information content (AvgIpc) is 2.69. The number of halogens is 2. The van der Waals surface area contributed by atoms with Crippen LogP contribution in [0.25, 0.3) is 0 Å². The molecule has 0 heterocycles. The van der Waals surface area contributed by atoms with E-state index in [1.165, 1.54) is 29.3 Å². The van der Waals surface area contributed by atoms with Gasteiger partial charge in [0.05, 0.1) is 5.60 Å². The van der Waals surface area contributed by atoms with Crippen LogP contribution in [0.1, 0.15) is 45.7 Å². The maximum absolute atomic E-state index is 7.05. The quantitative estimate of drug-likeness (QED) is 0.283. The molecule has 2 rings (SSSR count). The van der Waals surface area contributed by atoms with Crippen LogP contribution in [0.15, 0.2) is 57.5 Å². The lowest BCUT2D eigenvalue weighted by atomic mass is 9.81. The van der Waals surface area contributed by atoms with Gasteiger partial charge in [-0.25, -0.2) is 0 Å². The van der Waals surface area contributed by atoms with Gasteiger partial charge in [0.2, 0.25) is 0 Å². The fraction of sp³-hybridized carbons (Fsp3) is 0.500. The van der Waals surface area contributed by atoms with Gasteiger partial charge < -0.3 is 4.43 Å². The topological polar surface area (TPSA) is 9.23 Å². The minimum absolute atomic E-state index is 0.158. The lowest BCUT2D eigenvalue weighted by molar-refractivity contribution is 0.0316. The van der Waals surface area contributed by atoms with Crippen LogP contribution in [0.2, 0.25) is 18.1 Å².